The summed E-state index contributed by atoms with van der Waals surface area (Å²) < 4.78 is 27.5. The molecule has 0 amide bonds. The highest BCUT2D eigenvalue weighted by atomic mass is 32.2. The average Bonchev–Trinajstić information content (AvgIpc) is 2.55. The first-order valence-corrected chi connectivity index (χ1v) is 9.10. The maximum Gasteiger partial charge on any atom is 0.264 e. The fourth-order valence-corrected chi connectivity index (χ4v) is 3.72. The first kappa shape index (κ1) is 18.2. The van der Waals surface area contributed by atoms with E-state index in [1.165, 1.54) is 23.4 Å². The van der Waals surface area contributed by atoms with Crippen LogP contribution >= 0.6 is 0 Å². The van der Waals surface area contributed by atoms with E-state index in [0.29, 0.717) is 24.3 Å². The molecule has 0 N–H and O–H groups in total. The first-order chi connectivity index (χ1) is 11.3. The average molecular weight is 346 g/mol. The quantitative estimate of drug-likeness (QED) is 0.723. The lowest BCUT2D eigenvalue weighted by molar-refractivity contribution is 0.101. The van der Waals surface area contributed by atoms with E-state index < -0.39 is 10.0 Å². The van der Waals surface area contributed by atoms with E-state index >= 15 is 0 Å². The Morgan fingerprint density at radius 1 is 0.917 bits per heavy atom. The van der Waals surface area contributed by atoms with Crippen molar-refractivity contribution >= 4 is 21.5 Å². The van der Waals surface area contributed by atoms with E-state index in [1.54, 1.807) is 24.3 Å². The van der Waals surface area contributed by atoms with Gasteiger partial charge in [-0.2, -0.15) is 0 Å². The molecule has 128 valence electrons. The molecule has 0 aliphatic rings. The largest absolute Gasteiger partial charge is 0.308 e. The zero-order valence-corrected chi connectivity index (χ0v) is 15.0. The highest BCUT2D eigenvalue weighted by Gasteiger charge is 2.24. The van der Waals surface area contributed by atoms with Gasteiger partial charge in [-0.25, -0.2) is 8.42 Å². The second kappa shape index (κ2) is 7.59. The van der Waals surface area contributed by atoms with Gasteiger partial charge in [-0.1, -0.05) is 30.3 Å². The molecular formula is C18H22N2O3S. The summed E-state index contributed by atoms with van der Waals surface area (Å²) in [4.78, 5) is 13.5. The molecule has 0 fully saturated rings. The van der Waals surface area contributed by atoms with Crippen LogP contribution in [0.4, 0.5) is 5.69 Å². The minimum absolute atomic E-state index is 0.0912. The fraction of sp³-hybridized carbons (Fsp3) is 0.278. The van der Waals surface area contributed by atoms with Crippen molar-refractivity contribution in [2.24, 2.45) is 0 Å². The van der Waals surface area contributed by atoms with Crippen LogP contribution in [0, 0.1) is 0 Å². The molecule has 2 aromatic rings. The van der Waals surface area contributed by atoms with Crippen molar-refractivity contribution in [2.75, 3.05) is 31.5 Å². The summed E-state index contributed by atoms with van der Waals surface area (Å²) in [6.45, 7) is 2.39. The molecular weight excluding hydrogens is 324 g/mol. The molecule has 2 aromatic carbocycles. The van der Waals surface area contributed by atoms with E-state index in [4.69, 9.17) is 0 Å². The topological polar surface area (TPSA) is 57.7 Å². The summed E-state index contributed by atoms with van der Waals surface area (Å²) in [5.41, 5.74) is 1.11. The molecule has 0 bridgehead atoms. The van der Waals surface area contributed by atoms with Crippen molar-refractivity contribution in [2.45, 2.75) is 11.8 Å². The molecule has 0 aliphatic carbocycles. The number of carbonyl (C=O) groups excluding carboxylic acids is 1. The van der Waals surface area contributed by atoms with Gasteiger partial charge < -0.3 is 4.90 Å². The lowest BCUT2D eigenvalue weighted by Crippen LogP contribution is -2.36. The molecule has 0 atom stereocenters. The Morgan fingerprint density at radius 2 is 1.50 bits per heavy atom. The Bertz CT molecular complexity index is 785. The number of benzene rings is 2. The van der Waals surface area contributed by atoms with E-state index in [0.717, 1.165) is 0 Å². The van der Waals surface area contributed by atoms with Crippen LogP contribution < -0.4 is 4.31 Å². The van der Waals surface area contributed by atoms with Crippen molar-refractivity contribution in [3.05, 3.63) is 60.2 Å². The fourth-order valence-electron chi connectivity index (χ4n) is 2.26. The maximum absolute atomic E-state index is 13.0. The molecule has 0 saturated heterocycles. The molecule has 0 radical (unpaired) electrons. The number of nitrogens with zero attached hydrogens (tertiary/aromatic N) is 2. The highest BCUT2D eigenvalue weighted by molar-refractivity contribution is 7.92. The van der Waals surface area contributed by atoms with Crippen LogP contribution in [0.1, 0.15) is 17.3 Å². The number of anilines is 1. The van der Waals surface area contributed by atoms with E-state index in [-0.39, 0.29) is 10.7 Å². The van der Waals surface area contributed by atoms with Crippen LogP contribution in [0.15, 0.2) is 59.5 Å². The molecule has 6 heteroatoms. The van der Waals surface area contributed by atoms with Gasteiger partial charge in [-0.15, -0.1) is 0 Å². The van der Waals surface area contributed by atoms with Gasteiger partial charge in [0.15, 0.2) is 5.78 Å². The third-order valence-corrected chi connectivity index (χ3v) is 5.48. The number of sulfonamides is 1. The van der Waals surface area contributed by atoms with Gasteiger partial charge in [0.05, 0.1) is 10.6 Å². The Balaban J connectivity index is 2.41. The van der Waals surface area contributed by atoms with Crippen LogP contribution in [-0.2, 0) is 10.0 Å². The van der Waals surface area contributed by atoms with Crippen molar-refractivity contribution in [3.8, 4) is 0 Å². The summed E-state index contributed by atoms with van der Waals surface area (Å²) in [5, 5.41) is 0. The zero-order valence-electron chi connectivity index (χ0n) is 14.1. The summed E-state index contributed by atoms with van der Waals surface area (Å²) in [7, 11) is 0.104. The number of para-hydroxylation sites is 1. The van der Waals surface area contributed by atoms with Crippen LogP contribution in [0.25, 0.3) is 0 Å². The summed E-state index contributed by atoms with van der Waals surface area (Å²) in [6.07, 6.45) is 0. The second-order valence-corrected chi connectivity index (χ2v) is 7.66. The summed E-state index contributed by atoms with van der Waals surface area (Å²) in [5.74, 6) is -0.0912. The number of Topliss-reactive ketones (excluding diaryl/α,β-unsaturated/α-hetero) is 1. The number of hydrogen-bond acceptors (Lipinski definition) is 4. The van der Waals surface area contributed by atoms with E-state index in [1.807, 2.05) is 37.2 Å². The van der Waals surface area contributed by atoms with Crippen LogP contribution in [0.3, 0.4) is 0 Å². The predicted octanol–water partition coefficient (Wildman–Crippen LogP) is 2.65. The SMILES string of the molecule is CC(=O)c1ccc(S(=O)(=O)N(CCN(C)C)c2ccccc2)cc1. The van der Waals surface area contributed by atoms with Gasteiger partial charge in [0, 0.05) is 18.7 Å². The van der Waals surface area contributed by atoms with Gasteiger partial charge in [0.2, 0.25) is 0 Å². The van der Waals surface area contributed by atoms with E-state index in [9.17, 15) is 13.2 Å². The van der Waals surface area contributed by atoms with Gasteiger partial charge in [0.1, 0.15) is 0 Å². The third-order valence-electron chi connectivity index (χ3n) is 3.64. The molecule has 2 rings (SSSR count). The molecule has 0 aliphatic heterocycles. The highest BCUT2D eigenvalue weighted by Crippen LogP contribution is 2.23. The number of rotatable bonds is 7. The smallest absolute Gasteiger partial charge is 0.264 e. The molecule has 24 heavy (non-hydrogen) atoms. The van der Waals surface area contributed by atoms with Crippen molar-refractivity contribution in [1.82, 2.24) is 4.90 Å². The van der Waals surface area contributed by atoms with Crippen LogP contribution in [0.2, 0.25) is 0 Å². The molecule has 0 heterocycles. The summed E-state index contributed by atoms with van der Waals surface area (Å²) in [6, 6.07) is 15.1. The monoisotopic (exact) mass is 346 g/mol. The molecule has 0 aromatic heterocycles. The minimum atomic E-state index is -3.70. The van der Waals surface area contributed by atoms with Gasteiger partial charge in [-0.05, 0) is 45.3 Å². The lowest BCUT2D eigenvalue weighted by Gasteiger charge is -2.26. The normalized spacial score (nSPS) is 11.5. The minimum Gasteiger partial charge on any atom is -0.308 e. The van der Waals surface area contributed by atoms with Crippen LogP contribution in [-0.4, -0.2) is 46.3 Å². The Kier molecular flexibility index (Phi) is 5.75. The number of ketones is 1. The Morgan fingerprint density at radius 3 is 2.00 bits per heavy atom. The molecule has 5 nitrogen and oxygen atoms in total. The third kappa shape index (κ3) is 4.21. The Labute approximate surface area is 143 Å². The molecule has 0 unspecified atom stereocenters. The van der Waals surface area contributed by atoms with Crippen molar-refractivity contribution in [3.63, 3.8) is 0 Å². The van der Waals surface area contributed by atoms with Crippen molar-refractivity contribution in [1.29, 1.82) is 0 Å². The number of carbonyl (C=O) groups is 1. The number of hydrogen-bond donors (Lipinski definition) is 0. The standard InChI is InChI=1S/C18H22N2O3S/c1-15(21)16-9-11-18(12-10-16)24(22,23)20(14-13-19(2)3)17-7-5-4-6-8-17/h4-12H,13-14H2,1-3H3. The first-order valence-electron chi connectivity index (χ1n) is 7.66. The van der Waals surface area contributed by atoms with Gasteiger partial charge >= 0.3 is 0 Å². The van der Waals surface area contributed by atoms with Crippen LogP contribution in [0.5, 0.6) is 0 Å². The second-order valence-electron chi connectivity index (χ2n) is 5.80. The predicted molar refractivity (Wildman–Crippen MR) is 96.0 cm³/mol. The summed E-state index contributed by atoms with van der Waals surface area (Å²) >= 11 is 0. The zero-order chi connectivity index (χ0) is 17.7. The lowest BCUT2D eigenvalue weighted by atomic mass is 10.2. The van der Waals surface area contributed by atoms with Gasteiger partial charge in [-0.3, -0.25) is 9.10 Å². The molecule has 0 saturated carbocycles. The molecule has 0 spiro atoms. The van der Waals surface area contributed by atoms with Gasteiger partial charge in [0.25, 0.3) is 10.0 Å². The number of likely N-dealkylation sites (N-methyl/N-ethyl adjacent to an activating group) is 1. The maximum atomic E-state index is 13.0. The van der Waals surface area contributed by atoms with Crippen molar-refractivity contribution < 1.29 is 13.2 Å². The Hall–Kier alpha value is -2.18. The van der Waals surface area contributed by atoms with E-state index in [2.05, 4.69) is 0 Å².